The molecule has 0 bridgehead atoms. The lowest BCUT2D eigenvalue weighted by Gasteiger charge is -2.26. The first-order chi connectivity index (χ1) is 10.2. The number of hydrogen-bond acceptors (Lipinski definition) is 4. The van der Waals surface area contributed by atoms with Gasteiger partial charge in [-0.05, 0) is 52.4 Å². The van der Waals surface area contributed by atoms with Crippen molar-refractivity contribution < 1.29 is 9.47 Å². The summed E-state index contributed by atoms with van der Waals surface area (Å²) in [6.45, 7) is 0.794. The zero-order chi connectivity index (χ0) is 14.8. The normalized spacial score (nSPS) is 16.7. The quantitative estimate of drug-likeness (QED) is 0.838. The zero-order valence-corrected chi connectivity index (χ0v) is 13.4. The van der Waals surface area contributed by atoms with Crippen molar-refractivity contribution in [2.45, 2.75) is 0 Å². The average Bonchev–Trinajstić information content (AvgIpc) is 2.53. The van der Waals surface area contributed by atoms with Crippen molar-refractivity contribution in [1.29, 1.82) is 0 Å². The van der Waals surface area contributed by atoms with E-state index in [1.54, 1.807) is 14.2 Å². The molecule has 0 N–H and O–H groups in total. The maximum Gasteiger partial charge on any atom is 0.161 e. The van der Waals surface area contributed by atoms with Crippen molar-refractivity contribution in [2.75, 3.05) is 20.8 Å². The van der Waals surface area contributed by atoms with Gasteiger partial charge in [0.15, 0.2) is 11.5 Å². The summed E-state index contributed by atoms with van der Waals surface area (Å²) in [6.07, 6.45) is 8.12. The summed E-state index contributed by atoms with van der Waals surface area (Å²) in [5.74, 6) is 2.36. The molecule has 0 aromatic heterocycles. The van der Waals surface area contributed by atoms with Crippen LogP contribution in [0.15, 0.2) is 52.1 Å². The SMILES string of the molecule is COc1ccc(C2=CCN3C=C(Br)C=CC3=N2)cc1OC. The summed E-state index contributed by atoms with van der Waals surface area (Å²) in [6, 6.07) is 5.84. The van der Waals surface area contributed by atoms with Crippen molar-refractivity contribution in [3.05, 3.63) is 52.7 Å². The van der Waals surface area contributed by atoms with Gasteiger partial charge >= 0.3 is 0 Å². The monoisotopic (exact) mass is 346 g/mol. The van der Waals surface area contributed by atoms with Crippen molar-refractivity contribution >= 4 is 27.5 Å². The van der Waals surface area contributed by atoms with Gasteiger partial charge in [-0.3, -0.25) is 0 Å². The number of hydrogen-bond donors (Lipinski definition) is 0. The van der Waals surface area contributed by atoms with Crippen LogP contribution in [0.1, 0.15) is 5.56 Å². The zero-order valence-electron chi connectivity index (χ0n) is 11.8. The second-order valence-electron chi connectivity index (χ2n) is 4.63. The highest BCUT2D eigenvalue weighted by molar-refractivity contribution is 9.11. The van der Waals surface area contributed by atoms with Crippen LogP contribution < -0.4 is 9.47 Å². The first kappa shape index (κ1) is 13.9. The Labute approximate surface area is 132 Å². The number of ether oxygens (including phenoxy) is 2. The maximum absolute atomic E-state index is 5.35. The van der Waals surface area contributed by atoms with Crippen LogP contribution in [-0.4, -0.2) is 31.5 Å². The van der Waals surface area contributed by atoms with Gasteiger partial charge in [-0.2, -0.15) is 0 Å². The number of allylic oxidation sites excluding steroid dienone is 2. The minimum absolute atomic E-state index is 0.709. The second-order valence-corrected chi connectivity index (χ2v) is 5.54. The predicted octanol–water partition coefficient (Wildman–Crippen LogP) is 3.56. The highest BCUT2D eigenvalue weighted by Crippen LogP contribution is 2.32. The van der Waals surface area contributed by atoms with E-state index in [1.165, 1.54) is 0 Å². The van der Waals surface area contributed by atoms with Crippen LogP contribution in [0.4, 0.5) is 0 Å². The molecule has 4 nitrogen and oxygen atoms in total. The van der Waals surface area contributed by atoms with Crippen LogP contribution in [0.25, 0.3) is 5.70 Å². The summed E-state index contributed by atoms with van der Waals surface area (Å²) in [5.41, 5.74) is 1.96. The Morgan fingerprint density at radius 3 is 2.71 bits per heavy atom. The van der Waals surface area contributed by atoms with Gasteiger partial charge in [-0.1, -0.05) is 0 Å². The molecular formula is C16H15BrN2O2. The number of rotatable bonds is 3. The Morgan fingerprint density at radius 1 is 1.14 bits per heavy atom. The van der Waals surface area contributed by atoms with E-state index in [9.17, 15) is 0 Å². The minimum Gasteiger partial charge on any atom is -0.493 e. The van der Waals surface area contributed by atoms with Crippen molar-refractivity contribution in [2.24, 2.45) is 4.99 Å². The average molecular weight is 347 g/mol. The Morgan fingerprint density at radius 2 is 1.95 bits per heavy atom. The lowest BCUT2D eigenvalue weighted by Crippen LogP contribution is -2.28. The molecule has 108 valence electrons. The largest absolute Gasteiger partial charge is 0.493 e. The molecule has 1 aromatic rings. The minimum atomic E-state index is 0.709. The third kappa shape index (κ3) is 2.74. The summed E-state index contributed by atoms with van der Waals surface area (Å²) >= 11 is 3.47. The van der Waals surface area contributed by atoms with Crippen molar-refractivity contribution in [3.63, 3.8) is 0 Å². The highest BCUT2D eigenvalue weighted by atomic mass is 79.9. The second kappa shape index (κ2) is 5.77. The molecule has 0 radical (unpaired) electrons. The van der Waals surface area contributed by atoms with Gasteiger partial charge < -0.3 is 14.4 Å². The fraction of sp³-hybridized carbons (Fsp3) is 0.188. The fourth-order valence-corrected chi connectivity index (χ4v) is 2.67. The van der Waals surface area contributed by atoms with Crippen LogP contribution in [0.2, 0.25) is 0 Å². The maximum atomic E-state index is 5.35. The summed E-state index contributed by atoms with van der Waals surface area (Å²) in [4.78, 5) is 6.79. The van der Waals surface area contributed by atoms with E-state index < -0.39 is 0 Å². The van der Waals surface area contributed by atoms with E-state index in [0.717, 1.165) is 33.9 Å². The first-order valence-electron chi connectivity index (χ1n) is 6.54. The molecule has 0 amide bonds. The molecule has 5 heteroatoms. The van der Waals surface area contributed by atoms with Gasteiger partial charge in [-0.15, -0.1) is 0 Å². The summed E-state index contributed by atoms with van der Waals surface area (Å²) < 4.78 is 11.7. The van der Waals surface area contributed by atoms with E-state index in [2.05, 4.69) is 26.9 Å². The number of fused-ring (bicyclic) bond motifs is 1. The number of halogens is 1. The van der Waals surface area contributed by atoms with E-state index in [1.807, 2.05) is 36.6 Å². The molecule has 3 rings (SSSR count). The number of aliphatic imine (C=N–C) groups is 1. The number of methoxy groups -OCH3 is 2. The molecule has 0 saturated heterocycles. The van der Waals surface area contributed by atoms with E-state index in [0.29, 0.717) is 5.75 Å². The topological polar surface area (TPSA) is 34.1 Å². The first-order valence-corrected chi connectivity index (χ1v) is 7.34. The Hall–Kier alpha value is -2.01. The third-order valence-electron chi connectivity index (χ3n) is 3.36. The van der Waals surface area contributed by atoms with E-state index in [4.69, 9.17) is 14.5 Å². The van der Waals surface area contributed by atoms with Crippen LogP contribution in [0.5, 0.6) is 11.5 Å². The van der Waals surface area contributed by atoms with Gasteiger partial charge in [0.1, 0.15) is 5.84 Å². The van der Waals surface area contributed by atoms with Gasteiger partial charge in [0.05, 0.1) is 19.9 Å². The molecule has 0 saturated carbocycles. The molecule has 0 aliphatic carbocycles. The molecule has 21 heavy (non-hydrogen) atoms. The number of nitrogens with zero attached hydrogens (tertiary/aromatic N) is 2. The smallest absolute Gasteiger partial charge is 0.161 e. The van der Waals surface area contributed by atoms with Crippen LogP contribution in [0, 0.1) is 0 Å². The van der Waals surface area contributed by atoms with Gasteiger partial charge in [0, 0.05) is 22.8 Å². The summed E-state index contributed by atoms with van der Waals surface area (Å²) in [7, 11) is 3.27. The lowest BCUT2D eigenvalue weighted by molar-refractivity contribution is 0.355. The van der Waals surface area contributed by atoms with Crippen LogP contribution in [0.3, 0.4) is 0 Å². The molecule has 2 heterocycles. The molecule has 2 aliphatic rings. The van der Waals surface area contributed by atoms with Gasteiger partial charge in [-0.25, -0.2) is 4.99 Å². The van der Waals surface area contributed by atoms with Crippen molar-refractivity contribution in [3.8, 4) is 11.5 Å². The van der Waals surface area contributed by atoms with Crippen LogP contribution in [-0.2, 0) is 0 Å². The number of amidine groups is 1. The fourth-order valence-electron chi connectivity index (χ4n) is 2.29. The molecule has 0 spiro atoms. The highest BCUT2D eigenvalue weighted by Gasteiger charge is 2.17. The molecular weight excluding hydrogens is 332 g/mol. The third-order valence-corrected chi connectivity index (χ3v) is 3.83. The molecule has 2 aliphatic heterocycles. The predicted molar refractivity (Wildman–Crippen MR) is 87.8 cm³/mol. The van der Waals surface area contributed by atoms with Gasteiger partial charge in [0.2, 0.25) is 0 Å². The van der Waals surface area contributed by atoms with Crippen molar-refractivity contribution in [1.82, 2.24) is 4.90 Å². The standard InChI is InChI=1S/C16H15BrN2O2/c1-20-14-5-3-11(9-15(14)21-2)13-7-8-19-10-12(17)4-6-16(19)18-13/h3-7,9-10H,8H2,1-2H3. The molecule has 0 fully saturated rings. The Balaban J connectivity index is 1.93. The molecule has 0 atom stereocenters. The van der Waals surface area contributed by atoms with Gasteiger partial charge in [0.25, 0.3) is 0 Å². The molecule has 0 unspecified atom stereocenters. The molecule has 1 aromatic carbocycles. The lowest BCUT2D eigenvalue weighted by atomic mass is 10.1. The van der Waals surface area contributed by atoms with E-state index >= 15 is 0 Å². The summed E-state index contributed by atoms with van der Waals surface area (Å²) in [5, 5.41) is 0. The van der Waals surface area contributed by atoms with Crippen LogP contribution >= 0.6 is 15.9 Å². The number of benzene rings is 1. The Bertz CT molecular complexity index is 690. The Kier molecular flexibility index (Phi) is 3.84. The van der Waals surface area contributed by atoms with E-state index in [-0.39, 0.29) is 0 Å².